The molecule has 3 aromatic rings. The van der Waals surface area contributed by atoms with Gasteiger partial charge in [-0.15, -0.1) is 0 Å². The molecule has 32 heavy (non-hydrogen) atoms. The van der Waals surface area contributed by atoms with E-state index in [0.29, 0.717) is 10.0 Å². The van der Waals surface area contributed by atoms with E-state index in [1.165, 1.54) is 0 Å². The molecular weight excluding hydrogens is 440 g/mol. The maximum absolute atomic E-state index is 12.0. The first-order valence-corrected chi connectivity index (χ1v) is 12.1. The minimum atomic E-state index is -1.99. The smallest absolute Gasteiger partial charge is 0.186 e. The van der Waals surface area contributed by atoms with Crippen LogP contribution in [0.3, 0.4) is 0 Å². The molecule has 0 aliphatic carbocycles. The first kappa shape index (κ1) is 22.6. The van der Waals surface area contributed by atoms with Crippen molar-refractivity contribution in [3.05, 3.63) is 96.1 Å². The predicted octanol–water partition coefficient (Wildman–Crippen LogP) is 4.61. The van der Waals surface area contributed by atoms with Crippen LogP contribution in [0, 0.1) is 5.92 Å². The van der Waals surface area contributed by atoms with E-state index in [1.807, 2.05) is 60.7 Å². The summed E-state index contributed by atoms with van der Waals surface area (Å²) in [4.78, 5) is 2.46. The predicted molar refractivity (Wildman–Crippen MR) is 132 cm³/mol. The summed E-state index contributed by atoms with van der Waals surface area (Å²) in [5.74, 6) is 0.0603. The van der Waals surface area contributed by atoms with Crippen LogP contribution >= 0.6 is 12.2 Å². The van der Waals surface area contributed by atoms with Crippen LogP contribution in [0.5, 0.6) is 0 Å². The quantitative estimate of drug-likeness (QED) is 0.377. The molecule has 1 aliphatic rings. The van der Waals surface area contributed by atoms with E-state index in [9.17, 15) is 9.32 Å². The van der Waals surface area contributed by atoms with Crippen molar-refractivity contribution >= 4 is 34.1 Å². The van der Waals surface area contributed by atoms with Crippen LogP contribution in [0.1, 0.15) is 24.0 Å². The lowest BCUT2D eigenvalue weighted by atomic mass is 9.72. The Labute approximate surface area is 196 Å². The van der Waals surface area contributed by atoms with E-state index in [4.69, 9.17) is 16.8 Å². The molecule has 1 atom stereocenters. The average Bonchev–Trinajstić information content (AvgIpc) is 2.85. The average molecular weight is 467 g/mol. The molecule has 0 spiro atoms. The SMILES string of the molecule is O=S(O)c1ccc(NC(=S)N2CCC(C(O)(c3ccccc3)c3ccccc3)CC2)cc1. The van der Waals surface area contributed by atoms with Gasteiger partial charge in [0.25, 0.3) is 0 Å². The van der Waals surface area contributed by atoms with Crippen LogP contribution in [0.15, 0.2) is 89.8 Å². The zero-order valence-corrected chi connectivity index (χ0v) is 19.2. The highest BCUT2D eigenvalue weighted by molar-refractivity contribution is 7.80. The van der Waals surface area contributed by atoms with Crippen LogP contribution in [0.2, 0.25) is 0 Å². The summed E-state index contributed by atoms with van der Waals surface area (Å²) < 4.78 is 20.3. The van der Waals surface area contributed by atoms with Gasteiger partial charge in [-0.1, -0.05) is 60.7 Å². The van der Waals surface area contributed by atoms with E-state index >= 15 is 0 Å². The molecule has 0 saturated carbocycles. The number of likely N-dealkylation sites (tertiary alicyclic amines) is 1. The zero-order valence-electron chi connectivity index (χ0n) is 17.6. The van der Waals surface area contributed by atoms with Gasteiger partial charge in [0, 0.05) is 18.8 Å². The Morgan fingerprint density at radius 2 is 1.41 bits per heavy atom. The van der Waals surface area contributed by atoms with Gasteiger partial charge in [-0.2, -0.15) is 0 Å². The molecule has 0 radical (unpaired) electrons. The van der Waals surface area contributed by atoms with Gasteiger partial charge in [0.05, 0.1) is 4.90 Å². The van der Waals surface area contributed by atoms with E-state index in [0.717, 1.165) is 42.7 Å². The van der Waals surface area contributed by atoms with Crippen LogP contribution in [0.25, 0.3) is 0 Å². The molecule has 5 nitrogen and oxygen atoms in total. The Morgan fingerprint density at radius 3 is 1.88 bits per heavy atom. The number of hydrogen-bond donors (Lipinski definition) is 3. The van der Waals surface area contributed by atoms with Crippen LogP contribution in [-0.4, -0.2) is 37.0 Å². The molecule has 1 fully saturated rings. The first-order valence-electron chi connectivity index (χ1n) is 10.6. The number of piperidine rings is 1. The molecule has 4 rings (SSSR count). The van der Waals surface area contributed by atoms with Crippen molar-refractivity contribution in [1.29, 1.82) is 0 Å². The molecule has 0 amide bonds. The molecule has 1 aliphatic heterocycles. The lowest BCUT2D eigenvalue weighted by Gasteiger charge is -2.43. The molecule has 1 heterocycles. The second kappa shape index (κ2) is 9.92. The number of thiocarbonyl (C=S) groups is 1. The van der Waals surface area contributed by atoms with Crippen LogP contribution < -0.4 is 5.32 Å². The Hall–Kier alpha value is -2.58. The molecule has 7 heteroatoms. The minimum absolute atomic E-state index is 0.0603. The van der Waals surface area contributed by atoms with Crippen LogP contribution in [0.4, 0.5) is 5.69 Å². The zero-order chi connectivity index (χ0) is 22.6. The van der Waals surface area contributed by atoms with Gasteiger partial charge in [0.2, 0.25) is 0 Å². The molecule has 1 unspecified atom stereocenters. The third kappa shape index (κ3) is 4.76. The molecule has 0 bridgehead atoms. The standard InChI is InChI=1S/C25H26N2O3S2/c28-25(19-7-3-1-4-8-19,20-9-5-2-6-10-20)21-15-17-27(18-16-21)24(31)26-22-11-13-23(14-12-22)32(29)30/h1-14,21,28H,15-18H2,(H,26,31)(H,29,30). The van der Waals surface area contributed by atoms with Gasteiger partial charge < -0.3 is 19.9 Å². The number of aliphatic hydroxyl groups is 1. The Bertz CT molecular complexity index is 1030. The van der Waals surface area contributed by atoms with E-state index in [-0.39, 0.29) is 5.92 Å². The Kier molecular flexibility index (Phi) is 7.01. The summed E-state index contributed by atoms with van der Waals surface area (Å²) in [5.41, 5.74) is 1.54. The van der Waals surface area contributed by atoms with Crippen molar-refractivity contribution in [1.82, 2.24) is 4.90 Å². The van der Waals surface area contributed by atoms with Gasteiger partial charge in [-0.05, 0) is 66.4 Å². The number of benzene rings is 3. The molecule has 166 valence electrons. The number of nitrogens with zero attached hydrogens (tertiary/aromatic N) is 1. The number of hydrogen-bond acceptors (Lipinski definition) is 3. The summed E-state index contributed by atoms with van der Waals surface area (Å²) in [6, 6.07) is 26.5. The first-order chi connectivity index (χ1) is 15.5. The summed E-state index contributed by atoms with van der Waals surface area (Å²) in [6.45, 7) is 1.47. The molecule has 0 aromatic heterocycles. The Balaban J connectivity index is 1.46. The summed E-state index contributed by atoms with van der Waals surface area (Å²) in [7, 11) is 0. The molecule has 3 aromatic carbocycles. The molecular formula is C25H26N2O3S2. The number of anilines is 1. The topological polar surface area (TPSA) is 72.8 Å². The van der Waals surface area contributed by atoms with Gasteiger partial charge >= 0.3 is 0 Å². The highest BCUT2D eigenvalue weighted by Gasteiger charge is 2.41. The third-order valence-corrected chi connectivity index (χ3v) is 7.14. The maximum Gasteiger partial charge on any atom is 0.186 e. The molecule has 1 saturated heterocycles. The second-order valence-electron chi connectivity index (χ2n) is 7.96. The summed E-state index contributed by atoms with van der Waals surface area (Å²) in [5, 5.41) is 15.8. The van der Waals surface area contributed by atoms with Gasteiger partial charge in [0.1, 0.15) is 5.60 Å². The number of nitrogens with one attached hydrogen (secondary N) is 1. The fraction of sp³-hybridized carbons (Fsp3) is 0.240. The maximum atomic E-state index is 12.0. The van der Waals surface area contributed by atoms with Crippen molar-refractivity contribution in [2.75, 3.05) is 18.4 Å². The van der Waals surface area contributed by atoms with Gasteiger partial charge in [-0.3, -0.25) is 0 Å². The highest BCUT2D eigenvalue weighted by Crippen LogP contribution is 2.41. The summed E-state index contributed by atoms with van der Waals surface area (Å²) in [6.07, 6.45) is 1.59. The highest BCUT2D eigenvalue weighted by atomic mass is 32.2. The van der Waals surface area contributed by atoms with E-state index in [1.54, 1.807) is 24.3 Å². The fourth-order valence-corrected chi connectivity index (χ4v) is 5.05. The van der Waals surface area contributed by atoms with Crippen molar-refractivity contribution in [3.8, 4) is 0 Å². The lowest BCUT2D eigenvalue weighted by Crippen LogP contribution is -2.47. The monoisotopic (exact) mass is 466 g/mol. The van der Waals surface area contributed by atoms with Crippen molar-refractivity contribution < 1.29 is 13.9 Å². The van der Waals surface area contributed by atoms with E-state index < -0.39 is 16.7 Å². The van der Waals surface area contributed by atoms with Crippen molar-refractivity contribution in [3.63, 3.8) is 0 Å². The van der Waals surface area contributed by atoms with Gasteiger partial charge in [0.15, 0.2) is 16.2 Å². The van der Waals surface area contributed by atoms with Crippen LogP contribution in [-0.2, 0) is 16.7 Å². The summed E-state index contributed by atoms with van der Waals surface area (Å²) >= 11 is 3.61. The fourth-order valence-electron chi connectivity index (χ4n) is 4.38. The normalized spacial score (nSPS) is 15.9. The van der Waals surface area contributed by atoms with Crippen molar-refractivity contribution in [2.24, 2.45) is 5.92 Å². The van der Waals surface area contributed by atoms with E-state index in [2.05, 4.69) is 10.2 Å². The third-order valence-electron chi connectivity index (χ3n) is 6.11. The van der Waals surface area contributed by atoms with Crippen molar-refractivity contribution in [2.45, 2.75) is 23.3 Å². The second-order valence-corrected chi connectivity index (χ2v) is 9.32. The minimum Gasteiger partial charge on any atom is -0.380 e. The molecule has 3 N–H and O–H groups in total. The lowest BCUT2D eigenvalue weighted by molar-refractivity contribution is -0.00631. The Morgan fingerprint density at radius 1 is 0.906 bits per heavy atom. The van der Waals surface area contributed by atoms with Gasteiger partial charge in [-0.25, -0.2) is 4.21 Å². The number of rotatable bonds is 5. The largest absolute Gasteiger partial charge is 0.380 e.